The minimum absolute atomic E-state index is 0.560. The minimum atomic E-state index is 0.560. The van der Waals surface area contributed by atoms with Gasteiger partial charge in [0.1, 0.15) is 11.2 Å². The third-order valence-corrected chi connectivity index (χ3v) is 8.95. The van der Waals surface area contributed by atoms with Crippen LogP contribution in [-0.2, 0) is 0 Å². The van der Waals surface area contributed by atoms with Gasteiger partial charge < -0.3 is 4.42 Å². The summed E-state index contributed by atoms with van der Waals surface area (Å²) < 4.78 is 6.87. The fourth-order valence-electron chi connectivity index (χ4n) is 6.49. The third-order valence-electron chi connectivity index (χ3n) is 8.95. The molecule has 230 valence electrons. The molecule has 0 N–H and O–H groups in total. The fraction of sp³-hybridized carbons (Fsp3) is 0. The van der Waals surface area contributed by atoms with E-state index in [9.17, 15) is 0 Å². The van der Waals surface area contributed by atoms with Crippen molar-refractivity contribution in [2.75, 3.05) is 0 Å². The molecule has 0 aliphatic rings. The maximum absolute atomic E-state index is 6.87. The maximum Gasteiger partial charge on any atom is 0.167 e. The van der Waals surface area contributed by atoms with Crippen molar-refractivity contribution in [3.8, 4) is 67.5 Å². The summed E-state index contributed by atoms with van der Waals surface area (Å²) in [6, 6.07) is 60.4. The first-order valence-corrected chi connectivity index (χ1v) is 16.4. The molecule has 0 saturated carbocycles. The summed E-state index contributed by atoms with van der Waals surface area (Å²) in [7, 11) is 0. The van der Waals surface area contributed by atoms with Crippen LogP contribution in [0.1, 0.15) is 0 Å². The molecule has 0 radical (unpaired) electrons. The molecule has 0 fully saturated rings. The van der Waals surface area contributed by atoms with Gasteiger partial charge in [0.15, 0.2) is 17.5 Å². The Balaban J connectivity index is 1.25. The van der Waals surface area contributed by atoms with Gasteiger partial charge in [0.05, 0.1) is 5.56 Å². The van der Waals surface area contributed by atoms with Gasteiger partial charge in [-0.2, -0.15) is 0 Å². The van der Waals surface area contributed by atoms with E-state index in [2.05, 4.69) is 121 Å². The molecule has 0 aliphatic heterocycles. The van der Waals surface area contributed by atoms with E-state index in [1.807, 2.05) is 54.6 Å². The van der Waals surface area contributed by atoms with Crippen LogP contribution in [0.25, 0.3) is 89.5 Å². The molecule has 0 unspecified atom stereocenters. The molecule has 0 atom stereocenters. The van der Waals surface area contributed by atoms with Crippen molar-refractivity contribution in [3.63, 3.8) is 0 Å². The van der Waals surface area contributed by atoms with Crippen molar-refractivity contribution in [2.24, 2.45) is 0 Å². The lowest BCUT2D eigenvalue weighted by Crippen LogP contribution is -2.00. The lowest BCUT2D eigenvalue weighted by Gasteiger charge is -2.09. The normalized spacial score (nSPS) is 11.3. The monoisotopic (exact) mass is 627 g/mol. The molecule has 0 saturated heterocycles. The summed E-state index contributed by atoms with van der Waals surface area (Å²) in [6.07, 6.45) is 0. The lowest BCUT2D eigenvalue weighted by molar-refractivity contribution is 0.670. The minimum Gasteiger partial charge on any atom is -0.455 e. The topological polar surface area (TPSA) is 51.8 Å². The highest BCUT2D eigenvalue weighted by molar-refractivity contribution is 6.14. The van der Waals surface area contributed by atoms with E-state index in [4.69, 9.17) is 19.4 Å². The van der Waals surface area contributed by atoms with E-state index < -0.39 is 0 Å². The molecular weight excluding hydrogens is 599 g/mol. The third kappa shape index (κ3) is 5.35. The second-order valence-electron chi connectivity index (χ2n) is 12.0. The summed E-state index contributed by atoms with van der Waals surface area (Å²) in [5.74, 6) is 1.77. The molecule has 7 aromatic carbocycles. The van der Waals surface area contributed by atoms with Crippen LogP contribution in [-0.4, -0.2) is 15.0 Å². The van der Waals surface area contributed by atoms with Gasteiger partial charge in [0, 0.05) is 27.5 Å². The number of furan rings is 1. The fourth-order valence-corrected chi connectivity index (χ4v) is 6.49. The number of hydrogen-bond acceptors (Lipinski definition) is 4. The number of rotatable bonds is 6. The Labute approximate surface area is 284 Å². The van der Waals surface area contributed by atoms with E-state index in [1.165, 1.54) is 0 Å². The van der Waals surface area contributed by atoms with Crippen LogP contribution in [0.2, 0.25) is 0 Å². The molecule has 0 spiro atoms. The number of fused-ring (bicyclic) bond motifs is 3. The van der Waals surface area contributed by atoms with E-state index in [1.54, 1.807) is 0 Å². The Morgan fingerprint density at radius 3 is 1.35 bits per heavy atom. The van der Waals surface area contributed by atoms with Crippen molar-refractivity contribution in [1.29, 1.82) is 0 Å². The Hall–Kier alpha value is -6.65. The molecule has 0 aliphatic carbocycles. The van der Waals surface area contributed by atoms with Gasteiger partial charge in [0.2, 0.25) is 0 Å². The van der Waals surface area contributed by atoms with Crippen LogP contribution in [0, 0.1) is 0 Å². The molecule has 2 heterocycles. The van der Waals surface area contributed by atoms with Crippen LogP contribution in [0.15, 0.2) is 180 Å². The highest BCUT2D eigenvalue weighted by Crippen LogP contribution is 2.42. The summed E-state index contributed by atoms with van der Waals surface area (Å²) in [5, 5.41) is 2.06. The second-order valence-corrected chi connectivity index (χ2v) is 12.0. The van der Waals surface area contributed by atoms with Gasteiger partial charge in [0.25, 0.3) is 0 Å². The van der Waals surface area contributed by atoms with Gasteiger partial charge in [-0.05, 0) is 46.0 Å². The summed E-state index contributed by atoms with van der Waals surface area (Å²) in [4.78, 5) is 15.1. The predicted molar refractivity (Wildman–Crippen MR) is 200 cm³/mol. The first-order valence-electron chi connectivity index (χ1n) is 16.4. The van der Waals surface area contributed by atoms with E-state index in [0.717, 1.165) is 72.0 Å². The van der Waals surface area contributed by atoms with Crippen LogP contribution in [0.4, 0.5) is 0 Å². The largest absolute Gasteiger partial charge is 0.455 e. The lowest BCUT2D eigenvalue weighted by atomic mass is 9.95. The van der Waals surface area contributed by atoms with E-state index in [-0.39, 0.29) is 0 Å². The molecule has 49 heavy (non-hydrogen) atoms. The summed E-state index contributed by atoms with van der Waals surface area (Å²) in [5.41, 5.74) is 11.0. The first-order chi connectivity index (χ1) is 24.3. The number of benzene rings is 7. The first kappa shape index (κ1) is 28.6. The number of nitrogens with zero attached hydrogens (tertiary/aromatic N) is 3. The molecule has 2 aromatic heterocycles. The molecular formula is C45H29N3O. The Bertz CT molecular complexity index is 2560. The highest BCUT2D eigenvalue weighted by Gasteiger charge is 2.20. The van der Waals surface area contributed by atoms with Crippen molar-refractivity contribution in [1.82, 2.24) is 15.0 Å². The second kappa shape index (κ2) is 12.2. The highest BCUT2D eigenvalue weighted by atomic mass is 16.3. The van der Waals surface area contributed by atoms with Crippen molar-refractivity contribution in [2.45, 2.75) is 0 Å². The summed E-state index contributed by atoms with van der Waals surface area (Å²) in [6.45, 7) is 0. The average Bonchev–Trinajstić information content (AvgIpc) is 3.58. The molecule has 9 rings (SSSR count). The van der Waals surface area contributed by atoms with Gasteiger partial charge >= 0.3 is 0 Å². The van der Waals surface area contributed by atoms with Crippen LogP contribution in [0.3, 0.4) is 0 Å². The van der Waals surface area contributed by atoms with Gasteiger partial charge in [-0.3, -0.25) is 0 Å². The standard InChI is InChI=1S/C45H29N3O/c1-5-14-30(15-6-1)32-24-26-35(27-25-32)44-46-43(34-20-11-4-12-21-34)47-45(48-44)38-23-13-22-37-40-29-36(31-16-7-2-8-17-31)28-39(42(40)49-41(37)38)33-18-9-3-10-19-33/h1-29H. The van der Waals surface area contributed by atoms with E-state index in [0.29, 0.717) is 17.5 Å². The number of para-hydroxylation sites is 1. The predicted octanol–water partition coefficient (Wildman–Crippen LogP) is 11.8. The molecule has 0 amide bonds. The van der Waals surface area contributed by atoms with Gasteiger partial charge in [-0.1, -0.05) is 158 Å². The zero-order chi connectivity index (χ0) is 32.6. The Morgan fingerprint density at radius 2 is 0.735 bits per heavy atom. The smallest absolute Gasteiger partial charge is 0.167 e. The quantitative estimate of drug-likeness (QED) is 0.184. The Morgan fingerprint density at radius 1 is 0.286 bits per heavy atom. The number of aromatic nitrogens is 3. The SMILES string of the molecule is c1ccc(-c2ccc(-c3nc(-c4ccccc4)nc(-c4cccc5c4oc4c(-c6ccccc6)cc(-c6ccccc6)cc45)n3)cc2)cc1. The zero-order valence-corrected chi connectivity index (χ0v) is 26.5. The van der Waals surface area contributed by atoms with Crippen molar-refractivity contribution >= 4 is 21.9 Å². The molecule has 0 bridgehead atoms. The zero-order valence-electron chi connectivity index (χ0n) is 26.5. The van der Waals surface area contributed by atoms with Gasteiger partial charge in [-0.25, -0.2) is 15.0 Å². The van der Waals surface area contributed by atoms with E-state index >= 15 is 0 Å². The maximum atomic E-state index is 6.87. The molecule has 9 aromatic rings. The average molecular weight is 628 g/mol. The van der Waals surface area contributed by atoms with Crippen LogP contribution < -0.4 is 0 Å². The molecule has 4 heteroatoms. The van der Waals surface area contributed by atoms with Crippen molar-refractivity contribution < 1.29 is 4.42 Å². The van der Waals surface area contributed by atoms with Gasteiger partial charge in [-0.15, -0.1) is 0 Å². The van der Waals surface area contributed by atoms with Crippen LogP contribution >= 0.6 is 0 Å². The molecule has 4 nitrogen and oxygen atoms in total. The number of hydrogen-bond donors (Lipinski definition) is 0. The van der Waals surface area contributed by atoms with Crippen molar-refractivity contribution in [3.05, 3.63) is 176 Å². The Kier molecular flexibility index (Phi) is 7.10. The summed E-state index contributed by atoms with van der Waals surface area (Å²) >= 11 is 0. The van der Waals surface area contributed by atoms with Crippen LogP contribution in [0.5, 0.6) is 0 Å².